The Morgan fingerprint density at radius 2 is 2.32 bits per heavy atom. The van der Waals surface area contributed by atoms with E-state index < -0.39 is 18.4 Å². The van der Waals surface area contributed by atoms with Gasteiger partial charge < -0.3 is 25.2 Å². The van der Waals surface area contributed by atoms with Crippen molar-refractivity contribution < 1.29 is 19.4 Å². The Hall–Kier alpha value is -2.46. The summed E-state index contributed by atoms with van der Waals surface area (Å²) in [6, 6.07) is 0. The van der Waals surface area contributed by atoms with E-state index in [9.17, 15) is 9.90 Å². The molecule has 1 amide bonds. The molecule has 0 saturated carbocycles. The molecule has 0 aromatic carbocycles. The highest BCUT2D eigenvalue weighted by Crippen LogP contribution is 2.25. The van der Waals surface area contributed by atoms with Gasteiger partial charge in [-0.05, 0) is 0 Å². The van der Waals surface area contributed by atoms with Crippen LogP contribution in [0.25, 0.3) is 11.2 Å². The summed E-state index contributed by atoms with van der Waals surface area (Å²) < 4.78 is 12.2. The number of rotatable bonds is 2. The first-order valence-corrected chi connectivity index (χ1v) is 6.66. The Morgan fingerprint density at radius 3 is 3.05 bits per heavy atom. The van der Waals surface area contributed by atoms with Crippen LogP contribution in [0.1, 0.15) is 6.23 Å². The lowest BCUT2D eigenvalue weighted by molar-refractivity contribution is -0.126. The van der Waals surface area contributed by atoms with Crippen LogP contribution >= 0.6 is 0 Å². The number of nitrogens with zero attached hydrogens (tertiary/aromatic N) is 5. The number of hydrogen-bond donors (Lipinski definition) is 2. The number of fused-ring (bicyclic) bond motifs is 1. The lowest BCUT2D eigenvalue weighted by atomic mass is 10.2. The van der Waals surface area contributed by atoms with E-state index in [1.807, 2.05) is 0 Å². The van der Waals surface area contributed by atoms with Gasteiger partial charge >= 0.3 is 6.09 Å². The molecule has 3 heterocycles. The van der Waals surface area contributed by atoms with Crippen molar-refractivity contribution in [2.45, 2.75) is 12.3 Å². The number of aromatic nitrogens is 4. The van der Waals surface area contributed by atoms with E-state index in [2.05, 4.69) is 15.0 Å². The van der Waals surface area contributed by atoms with Gasteiger partial charge in [0.15, 0.2) is 17.7 Å². The number of imidazole rings is 1. The standard InChI is InChI=1S/C12H16N6O4/c1-21-12(20)17-2-7(4-19)22-8(3-17)18-6-16-9-10(13)14-5-15-11(9)18/h5-8,19H,2-4H2,1H3,(H2,13,14,15)/t7-,8+/m0/s1. The fraction of sp³-hybridized carbons (Fsp3) is 0.500. The van der Waals surface area contributed by atoms with Gasteiger partial charge in [0.05, 0.1) is 33.1 Å². The van der Waals surface area contributed by atoms with Crippen LogP contribution in [0, 0.1) is 0 Å². The van der Waals surface area contributed by atoms with Crippen LogP contribution < -0.4 is 5.73 Å². The van der Waals surface area contributed by atoms with E-state index in [1.54, 1.807) is 4.57 Å². The van der Waals surface area contributed by atoms with E-state index in [-0.39, 0.29) is 25.5 Å². The molecular formula is C12H16N6O4. The Bertz CT molecular complexity index is 689. The summed E-state index contributed by atoms with van der Waals surface area (Å²) in [7, 11) is 1.31. The third-order valence-electron chi connectivity index (χ3n) is 3.48. The molecule has 2 aromatic rings. The zero-order chi connectivity index (χ0) is 15.7. The number of ether oxygens (including phenoxy) is 2. The molecule has 3 rings (SSSR count). The van der Waals surface area contributed by atoms with Gasteiger partial charge in [0.2, 0.25) is 0 Å². The summed E-state index contributed by atoms with van der Waals surface area (Å²) in [5.41, 5.74) is 6.72. The Kier molecular flexibility index (Phi) is 3.77. The highest BCUT2D eigenvalue weighted by atomic mass is 16.6. The summed E-state index contributed by atoms with van der Waals surface area (Å²) in [4.78, 5) is 25.4. The largest absolute Gasteiger partial charge is 0.453 e. The molecule has 10 nitrogen and oxygen atoms in total. The number of nitrogens with two attached hydrogens (primary N) is 1. The third kappa shape index (κ3) is 2.42. The highest BCUT2D eigenvalue weighted by molar-refractivity contribution is 5.81. The van der Waals surface area contributed by atoms with E-state index in [1.165, 1.54) is 24.7 Å². The minimum absolute atomic E-state index is 0.215. The summed E-state index contributed by atoms with van der Waals surface area (Å²) in [5, 5.41) is 9.36. The van der Waals surface area contributed by atoms with Gasteiger partial charge in [-0.25, -0.2) is 19.7 Å². The molecule has 1 aliphatic heterocycles. The molecule has 0 radical (unpaired) electrons. The second kappa shape index (κ2) is 5.73. The first-order valence-electron chi connectivity index (χ1n) is 6.66. The van der Waals surface area contributed by atoms with E-state index >= 15 is 0 Å². The predicted octanol–water partition coefficient (Wildman–Crippen LogP) is -0.633. The lowest BCUT2D eigenvalue weighted by Crippen LogP contribution is -2.49. The third-order valence-corrected chi connectivity index (χ3v) is 3.48. The maximum Gasteiger partial charge on any atom is 0.409 e. The number of methoxy groups -OCH3 is 1. The monoisotopic (exact) mass is 308 g/mol. The van der Waals surface area contributed by atoms with Crippen molar-refractivity contribution in [2.24, 2.45) is 0 Å². The number of nitrogen functional groups attached to an aromatic ring is 1. The Balaban J connectivity index is 1.94. The van der Waals surface area contributed by atoms with Crippen LogP contribution in [0.5, 0.6) is 0 Å². The number of carbonyl (C=O) groups is 1. The molecule has 22 heavy (non-hydrogen) atoms. The van der Waals surface area contributed by atoms with Crippen LogP contribution in [0.15, 0.2) is 12.7 Å². The molecule has 10 heteroatoms. The Morgan fingerprint density at radius 1 is 1.50 bits per heavy atom. The molecule has 0 spiro atoms. The number of aliphatic hydroxyl groups is 1. The van der Waals surface area contributed by atoms with Crippen molar-refractivity contribution in [3.63, 3.8) is 0 Å². The molecule has 1 saturated heterocycles. The minimum atomic E-state index is -0.552. The number of hydrogen-bond acceptors (Lipinski definition) is 8. The summed E-state index contributed by atoms with van der Waals surface area (Å²) >= 11 is 0. The first kappa shape index (κ1) is 14.5. The van der Waals surface area contributed by atoms with Gasteiger partial charge in [-0.2, -0.15) is 0 Å². The molecule has 2 atom stereocenters. The van der Waals surface area contributed by atoms with Crippen molar-refractivity contribution in [1.82, 2.24) is 24.4 Å². The smallest absolute Gasteiger partial charge is 0.409 e. The average molecular weight is 308 g/mol. The normalized spacial score (nSPS) is 22.0. The van der Waals surface area contributed by atoms with Gasteiger partial charge in [0, 0.05) is 0 Å². The van der Waals surface area contributed by atoms with Gasteiger partial charge in [-0.1, -0.05) is 0 Å². The molecule has 1 aliphatic rings. The zero-order valence-electron chi connectivity index (χ0n) is 11.9. The molecule has 118 valence electrons. The molecule has 0 aliphatic carbocycles. The van der Waals surface area contributed by atoms with Crippen LogP contribution in [0.3, 0.4) is 0 Å². The summed E-state index contributed by atoms with van der Waals surface area (Å²) in [6.07, 6.45) is 1.31. The fourth-order valence-electron chi connectivity index (χ4n) is 2.43. The Labute approximate surface area is 125 Å². The molecule has 2 aromatic heterocycles. The number of aliphatic hydroxyl groups excluding tert-OH is 1. The maximum absolute atomic E-state index is 11.8. The number of morpholine rings is 1. The highest BCUT2D eigenvalue weighted by Gasteiger charge is 2.32. The van der Waals surface area contributed by atoms with E-state index in [0.717, 1.165) is 0 Å². The van der Waals surface area contributed by atoms with Crippen LogP contribution in [0.2, 0.25) is 0 Å². The lowest BCUT2D eigenvalue weighted by Gasteiger charge is -2.36. The zero-order valence-corrected chi connectivity index (χ0v) is 11.9. The number of amides is 1. The van der Waals surface area contributed by atoms with Crippen LogP contribution in [0.4, 0.5) is 10.6 Å². The van der Waals surface area contributed by atoms with Crippen LogP contribution in [-0.4, -0.2) is 68.5 Å². The van der Waals surface area contributed by atoms with Crippen molar-refractivity contribution in [3.8, 4) is 0 Å². The van der Waals surface area contributed by atoms with E-state index in [4.69, 9.17) is 15.2 Å². The minimum Gasteiger partial charge on any atom is -0.453 e. The molecule has 0 bridgehead atoms. The second-order valence-corrected chi connectivity index (χ2v) is 4.85. The van der Waals surface area contributed by atoms with E-state index in [0.29, 0.717) is 11.2 Å². The van der Waals surface area contributed by atoms with Crippen molar-refractivity contribution in [1.29, 1.82) is 0 Å². The molecular weight excluding hydrogens is 292 g/mol. The van der Waals surface area contributed by atoms with Gasteiger partial charge in [-0.3, -0.25) is 4.57 Å². The molecule has 0 unspecified atom stereocenters. The first-order chi connectivity index (χ1) is 10.6. The van der Waals surface area contributed by atoms with Crippen molar-refractivity contribution in [2.75, 3.05) is 32.5 Å². The van der Waals surface area contributed by atoms with Gasteiger partial charge in [0.25, 0.3) is 0 Å². The SMILES string of the molecule is COC(=O)N1C[C@@H](CO)O[C@@H](n2cnc3c(N)ncnc32)C1. The average Bonchev–Trinajstić information content (AvgIpc) is 2.99. The quantitative estimate of drug-likeness (QED) is 0.750. The fourth-order valence-corrected chi connectivity index (χ4v) is 2.43. The molecule has 1 fully saturated rings. The van der Waals surface area contributed by atoms with Gasteiger partial charge in [-0.15, -0.1) is 0 Å². The topological polar surface area (TPSA) is 129 Å². The van der Waals surface area contributed by atoms with Crippen molar-refractivity contribution in [3.05, 3.63) is 12.7 Å². The predicted molar refractivity (Wildman–Crippen MR) is 74.7 cm³/mol. The second-order valence-electron chi connectivity index (χ2n) is 4.85. The van der Waals surface area contributed by atoms with Gasteiger partial charge in [0.1, 0.15) is 17.9 Å². The van der Waals surface area contributed by atoms with Crippen molar-refractivity contribution >= 4 is 23.1 Å². The number of carbonyl (C=O) groups excluding carboxylic acids is 1. The summed E-state index contributed by atoms with van der Waals surface area (Å²) in [5.74, 6) is 0.267. The molecule has 3 N–H and O–H groups in total. The van der Waals surface area contributed by atoms with Crippen LogP contribution in [-0.2, 0) is 9.47 Å². The maximum atomic E-state index is 11.8. The number of anilines is 1. The summed E-state index contributed by atoms with van der Waals surface area (Å²) in [6.45, 7) is 0.287.